The molecule has 1 N–H and O–H groups in total. The largest absolute Gasteiger partial charge is 0.367 e. The van der Waals surface area contributed by atoms with Crippen LogP contribution < -0.4 is 15.1 Å². The Kier molecular flexibility index (Phi) is 4.21. The molecule has 2 fully saturated rings. The Labute approximate surface area is 147 Å². The lowest BCUT2D eigenvalue weighted by atomic mass is 10.2. The Bertz CT molecular complexity index is 750. The van der Waals surface area contributed by atoms with Gasteiger partial charge in [0.15, 0.2) is 0 Å². The minimum atomic E-state index is 0.0917. The summed E-state index contributed by atoms with van der Waals surface area (Å²) in [5, 5.41) is 2.88. The average molecular weight is 338 g/mol. The van der Waals surface area contributed by atoms with Crippen LogP contribution in [-0.4, -0.2) is 47.0 Å². The second kappa shape index (κ2) is 6.66. The van der Waals surface area contributed by atoms with E-state index in [0.717, 1.165) is 56.2 Å². The van der Waals surface area contributed by atoms with E-state index in [-0.39, 0.29) is 11.8 Å². The lowest BCUT2D eigenvalue weighted by molar-refractivity contribution is -0.117. The summed E-state index contributed by atoms with van der Waals surface area (Å²) in [6, 6.07) is 5.93. The first-order valence-electron chi connectivity index (χ1n) is 8.74. The van der Waals surface area contributed by atoms with Crippen LogP contribution >= 0.6 is 0 Å². The van der Waals surface area contributed by atoms with Crippen molar-refractivity contribution in [2.75, 3.05) is 41.3 Å². The molecule has 0 bridgehead atoms. The van der Waals surface area contributed by atoms with E-state index in [2.05, 4.69) is 30.1 Å². The number of nitrogens with zero attached hydrogens (tertiary/aromatic N) is 5. The van der Waals surface area contributed by atoms with Crippen molar-refractivity contribution in [1.82, 2.24) is 15.0 Å². The summed E-state index contributed by atoms with van der Waals surface area (Å²) in [6.07, 6.45) is 5.46. The highest BCUT2D eigenvalue weighted by Crippen LogP contribution is 2.30. The van der Waals surface area contributed by atoms with E-state index < -0.39 is 0 Å². The first-order chi connectivity index (χ1) is 12.2. The lowest BCUT2D eigenvalue weighted by Gasteiger charge is -2.36. The van der Waals surface area contributed by atoms with Crippen molar-refractivity contribution in [3.63, 3.8) is 0 Å². The number of carbonyl (C=O) groups excluding carboxylic acids is 1. The van der Waals surface area contributed by atoms with Crippen LogP contribution in [0.2, 0.25) is 0 Å². The Morgan fingerprint density at radius 1 is 1.08 bits per heavy atom. The van der Waals surface area contributed by atoms with Gasteiger partial charge in [-0.1, -0.05) is 0 Å². The van der Waals surface area contributed by atoms with Gasteiger partial charge in [0.1, 0.15) is 18.0 Å². The summed E-state index contributed by atoms with van der Waals surface area (Å²) >= 11 is 0. The van der Waals surface area contributed by atoms with E-state index in [1.54, 1.807) is 6.33 Å². The first kappa shape index (κ1) is 15.8. The summed E-state index contributed by atoms with van der Waals surface area (Å²) in [6.45, 7) is 5.64. The molecule has 2 aliphatic rings. The van der Waals surface area contributed by atoms with Crippen LogP contribution in [0.25, 0.3) is 0 Å². The molecule has 4 rings (SSSR count). The predicted octanol–water partition coefficient (Wildman–Crippen LogP) is 1.86. The van der Waals surface area contributed by atoms with E-state index in [1.807, 2.05) is 31.3 Å². The molecule has 2 aromatic rings. The number of nitrogens with one attached hydrogen (secondary N) is 1. The fraction of sp³-hybridized carbons (Fsp3) is 0.444. The quantitative estimate of drug-likeness (QED) is 0.917. The van der Waals surface area contributed by atoms with Crippen molar-refractivity contribution in [1.29, 1.82) is 0 Å². The van der Waals surface area contributed by atoms with Gasteiger partial charge >= 0.3 is 0 Å². The highest BCUT2D eigenvalue weighted by Gasteiger charge is 2.29. The van der Waals surface area contributed by atoms with Gasteiger partial charge in [-0.25, -0.2) is 15.0 Å². The number of hydrogen-bond donors (Lipinski definition) is 1. The summed E-state index contributed by atoms with van der Waals surface area (Å²) < 4.78 is 0. The number of pyridine rings is 1. The fourth-order valence-corrected chi connectivity index (χ4v) is 3.03. The standard InChI is InChI=1S/C18H22N6O/c1-13-10-17(21-12-20-13)24-8-6-23(7-9-24)15-4-5-16(19-11-15)22-18(25)14-2-3-14/h4-5,10-12,14H,2-3,6-9H2,1H3,(H,19,22,25). The monoisotopic (exact) mass is 338 g/mol. The van der Waals surface area contributed by atoms with Gasteiger partial charge in [0, 0.05) is 43.9 Å². The molecule has 2 aromatic heterocycles. The maximum atomic E-state index is 11.8. The molecule has 1 aliphatic carbocycles. The molecule has 1 saturated carbocycles. The second-order valence-electron chi connectivity index (χ2n) is 6.66. The molecule has 0 atom stereocenters. The maximum Gasteiger partial charge on any atom is 0.228 e. The molecule has 3 heterocycles. The van der Waals surface area contributed by atoms with Crippen LogP contribution in [0.15, 0.2) is 30.7 Å². The summed E-state index contributed by atoms with van der Waals surface area (Å²) in [7, 11) is 0. The highest BCUT2D eigenvalue weighted by atomic mass is 16.2. The zero-order valence-electron chi connectivity index (χ0n) is 14.4. The van der Waals surface area contributed by atoms with Gasteiger partial charge in [-0.2, -0.15) is 0 Å². The first-order valence-corrected chi connectivity index (χ1v) is 8.74. The zero-order chi connectivity index (χ0) is 17.2. The Hall–Kier alpha value is -2.70. The molecule has 0 spiro atoms. The van der Waals surface area contributed by atoms with E-state index in [1.165, 1.54) is 0 Å². The lowest BCUT2D eigenvalue weighted by Crippen LogP contribution is -2.46. The number of piperazine rings is 1. The Morgan fingerprint density at radius 3 is 2.48 bits per heavy atom. The molecule has 0 aromatic carbocycles. The minimum absolute atomic E-state index is 0.0917. The Morgan fingerprint density at radius 2 is 1.84 bits per heavy atom. The summed E-state index contributed by atoms with van der Waals surface area (Å²) in [5.74, 6) is 1.91. The van der Waals surface area contributed by atoms with Gasteiger partial charge in [-0.15, -0.1) is 0 Å². The smallest absolute Gasteiger partial charge is 0.228 e. The third-order valence-corrected chi connectivity index (χ3v) is 4.71. The van der Waals surface area contributed by atoms with Gasteiger partial charge < -0.3 is 15.1 Å². The van der Waals surface area contributed by atoms with Gasteiger partial charge in [0.05, 0.1) is 11.9 Å². The van der Waals surface area contributed by atoms with Gasteiger partial charge in [-0.3, -0.25) is 4.79 Å². The number of carbonyl (C=O) groups is 1. The van der Waals surface area contributed by atoms with Crippen molar-refractivity contribution < 1.29 is 4.79 Å². The van der Waals surface area contributed by atoms with Crippen molar-refractivity contribution in [2.24, 2.45) is 5.92 Å². The number of anilines is 3. The molecule has 1 amide bonds. The highest BCUT2D eigenvalue weighted by molar-refractivity contribution is 5.93. The second-order valence-corrected chi connectivity index (χ2v) is 6.66. The van der Waals surface area contributed by atoms with E-state index in [0.29, 0.717) is 5.82 Å². The van der Waals surface area contributed by atoms with Crippen molar-refractivity contribution in [2.45, 2.75) is 19.8 Å². The number of hydrogen-bond acceptors (Lipinski definition) is 6. The predicted molar refractivity (Wildman–Crippen MR) is 96.8 cm³/mol. The zero-order valence-corrected chi connectivity index (χ0v) is 14.4. The molecule has 7 nitrogen and oxygen atoms in total. The molecule has 7 heteroatoms. The van der Waals surface area contributed by atoms with E-state index >= 15 is 0 Å². The van der Waals surface area contributed by atoms with Crippen molar-refractivity contribution in [3.8, 4) is 0 Å². The van der Waals surface area contributed by atoms with Crippen LogP contribution in [-0.2, 0) is 4.79 Å². The van der Waals surface area contributed by atoms with Crippen LogP contribution in [0.1, 0.15) is 18.5 Å². The van der Waals surface area contributed by atoms with Crippen LogP contribution in [0.3, 0.4) is 0 Å². The number of rotatable bonds is 4. The Balaban J connectivity index is 1.35. The fourth-order valence-electron chi connectivity index (χ4n) is 3.03. The third kappa shape index (κ3) is 3.70. The molecule has 0 unspecified atom stereocenters. The normalized spacial score (nSPS) is 17.5. The summed E-state index contributed by atoms with van der Waals surface area (Å²) in [4.78, 5) is 29.3. The molecule has 0 radical (unpaired) electrons. The average Bonchev–Trinajstić information content (AvgIpc) is 3.48. The van der Waals surface area contributed by atoms with Crippen LogP contribution in [0.4, 0.5) is 17.3 Å². The molecular weight excluding hydrogens is 316 g/mol. The summed E-state index contributed by atoms with van der Waals surface area (Å²) in [5.41, 5.74) is 2.07. The number of aromatic nitrogens is 3. The van der Waals surface area contributed by atoms with Gasteiger partial charge in [0.25, 0.3) is 0 Å². The molecule has 1 aliphatic heterocycles. The van der Waals surface area contributed by atoms with Crippen LogP contribution in [0, 0.1) is 12.8 Å². The maximum absolute atomic E-state index is 11.8. The van der Waals surface area contributed by atoms with Gasteiger partial charge in [-0.05, 0) is 31.9 Å². The van der Waals surface area contributed by atoms with E-state index in [4.69, 9.17) is 0 Å². The molecule has 25 heavy (non-hydrogen) atoms. The van der Waals surface area contributed by atoms with E-state index in [9.17, 15) is 4.79 Å². The number of aryl methyl sites for hydroxylation is 1. The van der Waals surface area contributed by atoms with Crippen LogP contribution in [0.5, 0.6) is 0 Å². The molecule has 130 valence electrons. The molecular formula is C18H22N6O. The molecule has 1 saturated heterocycles. The third-order valence-electron chi connectivity index (χ3n) is 4.71. The number of amides is 1. The topological polar surface area (TPSA) is 74.2 Å². The van der Waals surface area contributed by atoms with Gasteiger partial charge in [0.2, 0.25) is 5.91 Å². The SMILES string of the molecule is Cc1cc(N2CCN(c3ccc(NC(=O)C4CC4)nc3)CC2)ncn1. The minimum Gasteiger partial charge on any atom is -0.367 e. The van der Waals surface area contributed by atoms with Crippen molar-refractivity contribution >= 4 is 23.2 Å². The van der Waals surface area contributed by atoms with Crippen molar-refractivity contribution in [3.05, 3.63) is 36.4 Å².